The molecule has 2 atom stereocenters. The van der Waals surface area contributed by atoms with Crippen molar-refractivity contribution in [1.29, 1.82) is 0 Å². The van der Waals surface area contributed by atoms with E-state index in [-0.39, 0.29) is 24.4 Å². The maximum atomic E-state index is 12.0. The van der Waals surface area contributed by atoms with Crippen molar-refractivity contribution in [3.63, 3.8) is 0 Å². The third kappa shape index (κ3) is 4.30. The van der Waals surface area contributed by atoms with Gasteiger partial charge in [-0.25, -0.2) is 0 Å². The van der Waals surface area contributed by atoms with Crippen LogP contribution in [0.15, 0.2) is 0 Å². The van der Waals surface area contributed by atoms with Crippen LogP contribution in [-0.2, 0) is 14.3 Å². The molecule has 2 unspecified atom stereocenters. The first-order valence-electron chi connectivity index (χ1n) is 7.45. The molecule has 1 amide bonds. The average molecular weight is 267 g/mol. The molecular weight excluding hydrogens is 242 g/mol. The van der Waals surface area contributed by atoms with Gasteiger partial charge in [-0.1, -0.05) is 13.8 Å². The van der Waals surface area contributed by atoms with Crippen LogP contribution >= 0.6 is 0 Å². The first kappa shape index (κ1) is 14.5. The SMILES string of the molecule is CC1CC(C)CC(OCC(=O)N2CCC(=O)CC2)C1. The lowest BCUT2D eigenvalue weighted by Crippen LogP contribution is -2.41. The molecular formula is C15H25NO3. The number of ketones is 1. The second-order valence-corrected chi connectivity index (χ2v) is 6.27. The van der Waals surface area contributed by atoms with Crippen LogP contribution in [0.3, 0.4) is 0 Å². The normalized spacial score (nSPS) is 32.4. The lowest BCUT2D eigenvalue weighted by molar-refractivity contribution is -0.141. The molecule has 1 aliphatic heterocycles. The van der Waals surface area contributed by atoms with Gasteiger partial charge in [0.25, 0.3) is 0 Å². The molecule has 0 spiro atoms. The zero-order valence-electron chi connectivity index (χ0n) is 12.1. The third-order valence-corrected chi connectivity index (χ3v) is 4.25. The van der Waals surface area contributed by atoms with Crippen LogP contribution in [-0.4, -0.2) is 42.4 Å². The fourth-order valence-corrected chi connectivity index (χ4v) is 3.30. The quantitative estimate of drug-likeness (QED) is 0.786. The van der Waals surface area contributed by atoms with Crippen LogP contribution in [0.25, 0.3) is 0 Å². The van der Waals surface area contributed by atoms with Gasteiger partial charge in [0.15, 0.2) is 0 Å². The van der Waals surface area contributed by atoms with Crippen molar-refractivity contribution < 1.29 is 14.3 Å². The van der Waals surface area contributed by atoms with E-state index in [2.05, 4.69) is 13.8 Å². The Kier molecular flexibility index (Phi) is 4.97. The second kappa shape index (κ2) is 6.51. The molecule has 2 fully saturated rings. The van der Waals surface area contributed by atoms with E-state index in [4.69, 9.17) is 4.74 Å². The maximum Gasteiger partial charge on any atom is 0.248 e. The molecule has 19 heavy (non-hydrogen) atoms. The first-order valence-corrected chi connectivity index (χ1v) is 7.45. The predicted octanol–water partition coefficient (Wildman–Crippen LogP) is 2.02. The number of ether oxygens (including phenoxy) is 1. The number of carbonyl (C=O) groups excluding carboxylic acids is 2. The number of piperidine rings is 1. The van der Waals surface area contributed by atoms with Gasteiger partial charge in [0, 0.05) is 25.9 Å². The Morgan fingerprint density at radius 3 is 2.32 bits per heavy atom. The molecule has 2 rings (SSSR count). The Morgan fingerprint density at radius 2 is 1.74 bits per heavy atom. The van der Waals surface area contributed by atoms with Gasteiger partial charge in [-0.3, -0.25) is 9.59 Å². The zero-order valence-corrected chi connectivity index (χ0v) is 12.1. The largest absolute Gasteiger partial charge is 0.368 e. The van der Waals surface area contributed by atoms with Crippen molar-refractivity contribution in [2.45, 2.75) is 52.1 Å². The number of Topliss-reactive ketones (excluding diaryl/α,β-unsaturated/α-hetero) is 1. The van der Waals surface area contributed by atoms with E-state index in [1.165, 1.54) is 6.42 Å². The van der Waals surface area contributed by atoms with Gasteiger partial charge in [0.2, 0.25) is 5.91 Å². The summed E-state index contributed by atoms with van der Waals surface area (Å²) in [4.78, 5) is 24.9. The van der Waals surface area contributed by atoms with E-state index in [0.717, 1.165) is 12.8 Å². The van der Waals surface area contributed by atoms with Crippen molar-refractivity contribution in [2.24, 2.45) is 11.8 Å². The molecule has 108 valence electrons. The number of hydrogen-bond acceptors (Lipinski definition) is 3. The smallest absolute Gasteiger partial charge is 0.248 e. The summed E-state index contributed by atoms with van der Waals surface area (Å²) < 4.78 is 5.79. The Hall–Kier alpha value is -0.900. The van der Waals surface area contributed by atoms with E-state index in [1.54, 1.807) is 4.90 Å². The molecule has 0 radical (unpaired) electrons. The van der Waals surface area contributed by atoms with Gasteiger partial charge in [0.1, 0.15) is 12.4 Å². The van der Waals surface area contributed by atoms with Crippen molar-refractivity contribution in [3.05, 3.63) is 0 Å². The Balaban J connectivity index is 1.72. The van der Waals surface area contributed by atoms with Gasteiger partial charge in [-0.2, -0.15) is 0 Å². The monoisotopic (exact) mass is 267 g/mol. The molecule has 0 aromatic heterocycles. The molecule has 0 aromatic rings. The summed E-state index contributed by atoms with van der Waals surface area (Å²) in [5, 5.41) is 0. The molecule has 2 aliphatic rings. The van der Waals surface area contributed by atoms with Crippen LogP contribution < -0.4 is 0 Å². The Morgan fingerprint density at radius 1 is 1.16 bits per heavy atom. The summed E-state index contributed by atoms with van der Waals surface area (Å²) in [6.45, 7) is 5.82. The molecule has 0 bridgehead atoms. The highest BCUT2D eigenvalue weighted by Crippen LogP contribution is 2.30. The lowest BCUT2D eigenvalue weighted by atomic mass is 9.82. The Bertz CT molecular complexity index is 322. The standard InChI is InChI=1S/C15H25NO3/c1-11-7-12(2)9-14(8-11)19-10-15(18)16-5-3-13(17)4-6-16/h11-12,14H,3-10H2,1-2H3. The molecule has 4 heteroatoms. The number of carbonyl (C=O) groups is 2. The number of nitrogens with zero attached hydrogens (tertiary/aromatic N) is 1. The summed E-state index contributed by atoms with van der Waals surface area (Å²) >= 11 is 0. The number of amides is 1. The zero-order chi connectivity index (χ0) is 13.8. The fraction of sp³-hybridized carbons (Fsp3) is 0.867. The van der Waals surface area contributed by atoms with Crippen LogP contribution in [0.1, 0.15) is 46.0 Å². The molecule has 1 heterocycles. The van der Waals surface area contributed by atoms with E-state index in [9.17, 15) is 9.59 Å². The summed E-state index contributed by atoms with van der Waals surface area (Å²) in [6, 6.07) is 0. The minimum Gasteiger partial charge on any atom is -0.368 e. The highest BCUT2D eigenvalue weighted by Gasteiger charge is 2.26. The number of hydrogen-bond donors (Lipinski definition) is 0. The van der Waals surface area contributed by atoms with Crippen LogP contribution in [0.5, 0.6) is 0 Å². The molecule has 1 aliphatic carbocycles. The van der Waals surface area contributed by atoms with Gasteiger partial charge < -0.3 is 9.64 Å². The highest BCUT2D eigenvalue weighted by atomic mass is 16.5. The van der Waals surface area contributed by atoms with Crippen molar-refractivity contribution in [1.82, 2.24) is 4.90 Å². The van der Waals surface area contributed by atoms with Crippen LogP contribution in [0.2, 0.25) is 0 Å². The van der Waals surface area contributed by atoms with E-state index in [1.807, 2.05) is 0 Å². The minimum atomic E-state index is 0.0402. The summed E-state index contributed by atoms with van der Waals surface area (Å²) in [7, 11) is 0. The first-order chi connectivity index (χ1) is 9.04. The van der Waals surface area contributed by atoms with Gasteiger partial charge in [0.05, 0.1) is 6.10 Å². The minimum absolute atomic E-state index is 0.0402. The van der Waals surface area contributed by atoms with Gasteiger partial charge in [-0.05, 0) is 31.1 Å². The van der Waals surface area contributed by atoms with Gasteiger partial charge >= 0.3 is 0 Å². The van der Waals surface area contributed by atoms with Crippen molar-refractivity contribution >= 4 is 11.7 Å². The van der Waals surface area contributed by atoms with Crippen molar-refractivity contribution in [2.75, 3.05) is 19.7 Å². The van der Waals surface area contributed by atoms with E-state index in [0.29, 0.717) is 37.8 Å². The van der Waals surface area contributed by atoms with Crippen LogP contribution in [0.4, 0.5) is 0 Å². The summed E-state index contributed by atoms with van der Waals surface area (Å²) in [6.07, 6.45) is 4.63. The van der Waals surface area contributed by atoms with Crippen molar-refractivity contribution in [3.8, 4) is 0 Å². The van der Waals surface area contributed by atoms with Crippen LogP contribution in [0, 0.1) is 11.8 Å². The fourth-order valence-electron chi connectivity index (χ4n) is 3.30. The molecule has 1 saturated carbocycles. The van der Waals surface area contributed by atoms with E-state index < -0.39 is 0 Å². The summed E-state index contributed by atoms with van der Waals surface area (Å²) in [5.74, 6) is 1.69. The Labute approximate surface area is 115 Å². The highest BCUT2D eigenvalue weighted by molar-refractivity contribution is 5.83. The predicted molar refractivity (Wildman–Crippen MR) is 72.7 cm³/mol. The molecule has 4 nitrogen and oxygen atoms in total. The average Bonchev–Trinajstić information content (AvgIpc) is 2.36. The van der Waals surface area contributed by atoms with E-state index >= 15 is 0 Å². The molecule has 1 saturated heterocycles. The number of likely N-dealkylation sites (tertiary alicyclic amines) is 1. The topological polar surface area (TPSA) is 46.6 Å². The molecule has 0 N–H and O–H groups in total. The number of rotatable bonds is 3. The van der Waals surface area contributed by atoms with Gasteiger partial charge in [-0.15, -0.1) is 0 Å². The second-order valence-electron chi connectivity index (χ2n) is 6.27. The lowest BCUT2D eigenvalue weighted by Gasteiger charge is -2.32. The third-order valence-electron chi connectivity index (χ3n) is 4.25. The summed E-state index contributed by atoms with van der Waals surface area (Å²) in [5.41, 5.74) is 0. The maximum absolute atomic E-state index is 12.0. The molecule has 0 aromatic carbocycles.